The Hall–Kier alpha value is 0.273. The number of rotatable bonds is 0. The van der Waals surface area contributed by atoms with Gasteiger partial charge in [-0.1, -0.05) is 69.2 Å². The Kier molecular flexibility index (Phi) is 13.3. The molecule has 0 nitrogen and oxygen atoms in total. The van der Waals surface area contributed by atoms with E-state index < -0.39 is 0 Å². The van der Waals surface area contributed by atoms with E-state index in [-0.39, 0.29) is 31.6 Å². The van der Waals surface area contributed by atoms with Crippen molar-refractivity contribution in [1.82, 2.24) is 0 Å². The fraction of sp³-hybridized carbons (Fsp3) is 0.560. The van der Waals surface area contributed by atoms with Crippen molar-refractivity contribution >= 4 is 29.1 Å². The van der Waals surface area contributed by atoms with Gasteiger partial charge in [0.15, 0.2) is 0 Å². The van der Waals surface area contributed by atoms with E-state index in [4.69, 9.17) is 0 Å². The molecule has 2 aromatic carbocycles. The average Bonchev–Trinajstić information content (AvgIpc) is 2.86. The predicted octanol–water partition coefficient (Wildman–Crippen LogP) is 7.37. The van der Waals surface area contributed by atoms with Crippen LogP contribution in [-0.4, -0.2) is 20.2 Å². The first-order valence-electron chi connectivity index (χ1n) is 9.70. The van der Waals surface area contributed by atoms with E-state index in [2.05, 4.69) is 115 Å². The second-order valence-electron chi connectivity index (χ2n) is 8.83. The first-order valence-corrected chi connectivity index (χ1v) is 11.1. The molecule has 0 fully saturated rings. The molecule has 157 valence electrons. The quantitative estimate of drug-likeness (QED) is 0.186. The summed E-state index contributed by atoms with van der Waals surface area (Å²) in [4.78, 5) is 0. The summed E-state index contributed by atoms with van der Waals surface area (Å²) in [6, 6.07) is 0. The average molecular weight is 542 g/mol. The van der Waals surface area contributed by atoms with Crippen molar-refractivity contribution in [3.63, 3.8) is 0 Å². The Morgan fingerprint density at radius 2 is 0.786 bits per heavy atom. The van der Waals surface area contributed by atoms with Crippen LogP contribution < -0.4 is 0 Å². The maximum absolute atomic E-state index is 3.40. The van der Waals surface area contributed by atoms with E-state index in [1.165, 1.54) is 59.8 Å². The zero-order chi connectivity index (χ0) is 21.9. The third-order valence-corrected chi connectivity index (χ3v) is 8.34. The fourth-order valence-corrected chi connectivity index (χ4v) is 2.81. The Balaban J connectivity index is 0. The van der Waals surface area contributed by atoms with Gasteiger partial charge in [0.05, 0.1) is 0 Å². The summed E-state index contributed by atoms with van der Waals surface area (Å²) in [5, 5.41) is 0. The van der Waals surface area contributed by atoms with Crippen LogP contribution in [0.5, 0.6) is 0 Å². The summed E-state index contributed by atoms with van der Waals surface area (Å²) in [5.41, 5.74) is 15.0. The molecule has 0 heterocycles. The maximum atomic E-state index is 3.40. The fourth-order valence-electron chi connectivity index (χ4n) is 2.81. The molecule has 0 aliphatic rings. The van der Waals surface area contributed by atoms with Crippen molar-refractivity contribution in [2.24, 2.45) is 5.41 Å². The molecule has 0 amide bonds. The molecule has 0 bridgehead atoms. The molecule has 0 saturated heterocycles. The summed E-state index contributed by atoms with van der Waals surface area (Å²) in [7, 11) is 3.40. The van der Waals surface area contributed by atoms with Crippen molar-refractivity contribution in [2.75, 3.05) is 0 Å². The molecule has 1 radical (unpaired) electrons. The molecule has 0 saturated carbocycles. The second kappa shape index (κ2) is 12.2. The minimum Gasteiger partial charge on any atom is -0.196 e. The zero-order valence-corrected chi connectivity index (χ0v) is 25.6. The van der Waals surface area contributed by atoms with E-state index in [1.54, 1.807) is 0 Å². The monoisotopic (exact) mass is 541 g/mol. The van der Waals surface area contributed by atoms with Crippen molar-refractivity contribution in [2.45, 2.75) is 90.0 Å². The van der Waals surface area contributed by atoms with Gasteiger partial charge in [0.2, 0.25) is 0 Å². The van der Waals surface area contributed by atoms with Gasteiger partial charge in [-0.15, -0.1) is 0 Å². The number of hydrogen-bond acceptors (Lipinski definition) is 0. The van der Waals surface area contributed by atoms with Crippen molar-refractivity contribution < 1.29 is 26.2 Å². The van der Waals surface area contributed by atoms with Gasteiger partial charge in [-0.2, -0.15) is 55.6 Å². The standard InChI is InChI=1S/2C10H15.C5H10PSe.Zr/c2*1-6-7(2)9(4)10(5)8(6)3;1-5(2,3)4(6)7;/h2*1-5H3;6H,1-3H3;/q2*-1;;. The van der Waals surface area contributed by atoms with E-state index >= 15 is 0 Å². The third kappa shape index (κ3) is 7.84. The molecule has 0 N–H and O–H groups in total. The first-order chi connectivity index (χ1) is 12.1. The van der Waals surface area contributed by atoms with Gasteiger partial charge in [0, 0.05) is 26.2 Å². The molecule has 28 heavy (non-hydrogen) atoms. The van der Waals surface area contributed by atoms with Crippen molar-refractivity contribution in [3.05, 3.63) is 55.6 Å². The van der Waals surface area contributed by atoms with Crippen LogP contribution in [-0.2, 0) is 26.2 Å². The SMILES string of the molecule is CC(C)(C)C(=P)[Se].Cc1c(C)c(C)[c-](C)c1C.Cc1c(C)c(C)[c-](C)c1C.[Zr]. The Morgan fingerprint density at radius 1 is 0.643 bits per heavy atom. The van der Waals surface area contributed by atoms with E-state index in [0.717, 1.165) is 0 Å². The normalized spacial score (nSPS) is 10.4. The summed E-state index contributed by atoms with van der Waals surface area (Å²) >= 11 is 2.91. The Bertz CT molecular complexity index is 581. The molecular formula is C25H40PSeZr-2. The molecule has 3 heteroatoms. The van der Waals surface area contributed by atoms with Crippen LogP contribution in [0.15, 0.2) is 0 Å². The van der Waals surface area contributed by atoms with Crippen molar-refractivity contribution in [1.29, 1.82) is 0 Å². The molecule has 0 aromatic heterocycles. The van der Waals surface area contributed by atoms with Gasteiger partial charge >= 0.3 is 55.3 Å². The van der Waals surface area contributed by atoms with E-state index in [0.29, 0.717) is 0 Å². The minimum absolute atomic E-state index is 0. The third-order valence-electron chi connectivity index (χ3n) is 6.31. The summed E-state index contributed by atoms with van der Waals surface area (Å²) < 4.78 is 1.17. The van der Waals surface area contributed by atoms with Crippen LogP contribution in [0.1, 0.15) is 76.4 Å². The summed E-state index contributed by atoms with van der Waals surface area (Å²) in [5.74, 6) is 0. The molecule has 0 spiro atoms. The van der Waals surface area contributed by atoms with Crippen LogP contribution >= 0.6 is 8.86 Å². The smallest absolute Gasteiger partial charge is 0 e. The van der Waals surface area contributed by atoms with Gasteiger partial charge in [-0.25, -0.2) is 0 Å². The van der Waals surface area contributed by atoms with Gasteiger partial charge in [-0.05, 0) is 0 Å². The van der Waals surface area contributed by atoms with Gasteiger partial charge in [0.25, 0.3) is 0 Å². The van der Waals surface area contributed by atoms with E-state index in [1.807, 2.05) is 0 Å². The second-order valence-corrected chi connectivity index (χ2v) is 11.0. The molecular weight excluding hydrogens is 501 g/mol. The molecule has 2 rings (SSSR count). The molecule has 0 aliphatic carbocycles. The summed E-state index contributed by atoms with van der Waals surface area (Å²) in [6.45, 7) is 28.4. The van der Waals surface area contributed by atoms with Gasteiger partial charge in [0.1, 0.15) is 0 Å². The Labute approximate surface area is 205 Å². The van der Waals surface area contributed by atoms with E-state index in [9.17, 15) is 0 Å². The summed E-state index contributed by atoms with van der Waals surface area (Å²) in [6.07, 6.45) is 0. The Morgan fingerprint density at radius 3 is 0.821 bits per heavy atom. The van der Waals surface area contributed by atoms with Crippen LogP contribution in [0.4, 0.5) is 0 Å². The molecule has 0 atom stereocenters. The van der Waals surface area contributed by atoms with Crippen LogP contribution in [0.3, 0.4) is 0 Å². The maximum Gasteiger partial charge on any atom is 0 e. The van der Waals surface area contributed by atoms with Crippen molar-refractivity contribution in [3.8, 4) is 0 Å². The number of hydrogen-bond donors (Lipinski definition) is 0. The largest absolute Gasteiger partial charge is 0.196 e. The van der Waals surface area contributed by atoms with Crippen LogP contribution in [0.25, 0.3) is 0 Å². The first kappa shape index (κ1) is 30.5. The van der Waals surface area contributed by atoms with Gasteiger partial charge < -0.3 is 0 Å². The minimum atomic E-state index is 0. The van der Waals surface area contributed by atoms with Gasteiger partial charge in [-0.3, -0.25) is 0 Å². The molecule has 2 aromatic rings. The predicted molar refractivity (Wildman–Crippen MR) is 130 cm³/mol. The zero-order valence-electron chi connectivity index (χ0n) is 20.4. The topological polar surface area (TPSA) is 0 Å². The van der Waals surface area contributed by atoms with Crippen LogP contribution in [0.2, 0.25) is 0 Å². The van der Waals surface area contributed by atoms with Crippen LogP contribution in [0, 0.1) is 74.7 Å². The molecule has 0 unspecified atom stereocenters. The molecule has 0 aliphatic heterocycles.